The van der Waals surface area contributed by atoms with E-state index in [0.717, 1.165) is 0 Å². The van der Waals surface area contributed by atoms with Crippen LogP contribution in [0.1, 0.15) is 27.2 Å². The van der Waals surface area contributed by atoms with Crippen LogP contribution in [0.5, 0.6) is 0 Å². The molecule has 5 N–H and O–H groups in total. The van der Waals surface area contributed by atoms with Gasteiger partial charge in [-0.1, -0.05) is 6.58 Å². The van der Waals surface area contributed by atoms with Gasteiger partial charge >= 0.3 is 0 Å². The number of halogens is 1. The molecular formula is C19H21FN6O2. The molecule has 0 aliphatic carbocycles. The van der Waals surface area contributed by atoms with Gasteiger partial charge in [-0.2, -0.15) is 0 Å². The molecule has 146 valence electrons. The van der Waals surface area contributed by atoms with Crippen molar-refractivity contribution in [2.45, 2.75) is 12.5 Å². The molecule has 0 saturated carbocycles. The van der Waals surface area contributed by atoms with Crippen LogP contribution in [-0.2, 0) is 10.3 Å². The van der Waals surface area contributed by atoms with Crippen LogP contribution in [0, 0.1) is 6.92 Å². The quantitative estimate of drug-likeness (QED) is 0.717. The number of hydrogen-bond acceptors (Lipinski definition) is 7. The summed E-state index contributed by atoms with van der Waals surface area (Å²) in [5, 5.41) is 2.67. The smallest absolute Gasteiger partial charge is 0.275 e. The predicted octanol–water partition coefficient (Wildman–Crippen LogP) is 1.52. The lowest BCUT2D eigenvalue weighted by atomic mass is 9.92. The number of aromatic nitrogens is 2. The summed E-state index contributed by atoms with van der Waals surface area (Å²) >= 11 is 0. The molecule has 0 aromatic carbocycles. The van der Waals surface area contributed by atoms with Gasteiger partial charge in [0.25, 0.3) is 5.91 Å². The standard InChI is InChI=1S/C19H21FN6O2/c1-11-5-13(12(2)21)7-24-17(11)18(27)25-16-6-14(3-4-23-16)19(9-20)10-28-8-15(22)26-19/h3-7H,2,8-10,21H2,1H3,(H2,22,26)(H,23,25,27). The number of nitrogens with zero attached hydrogens (tertiary/aromatic N) is 3. The fraction of sp³-hybridized carbons (Fsp3) is 0.263. The van der Waals surface area contributed by atoms with Crippen LogP contribution >= 0.6 is 0 Å². The summed E-state index contributed by atoms with van der Waals surface area (Å²) in [6.07, 6.45) is 2.94. The zero-order valence-electron chi connectivity index (χ0n) is 15.4. The first-order valence-electron chi connectivity index (χ1n) is 8.52. The van der Waals surface area contributed by atoms with Crippen LogP contribution in [0.15, 0.2) is 42.2 Å². The predicted molar refractivity (Wildman–Crippen MR) is 104 cm³/mol. The average Bonchev–Trinajstić information content (AvgIpc) is 2.67. The molecule has 0 spiro atoms. The molecule has 28 heavy (non-hydrogen) atoms. The maximum absolute atomic E-state index is 13.8. The molecule has 1 aliphatic rings. The van der Waals surface area contributed by atoms with E-state index in [1.165, 1.54) is 12.4 Å². The van der Waals surface area contributed by atoms with E-state index in [9.17, 15) is 9.18 Å². The second-order valence-electron chi connectivity index (χ2n) is 6.56. The Labute approximate surface area is 161 Å². The van der Waals surface area contributed by atoms with Gasteiger partial charge in [-0.05, 0) is 36.2 Å². The summed E-state index contributed by atoms with van der Waals surface area (Å²) in [5.74, 6) is 0.00410. The molecule has 2 aromatic heterocycles. The molecule has 1 amide bonds. The first kappa shape index (κ1) is 19.4. The first-order chi connectivity index (χ1) is 13.3. The van der Waals surface area contributed by atoms with Crippen molar-refractivity contribution < 1.29 is 13.9 Å². The number of ether oxygens (including phenoxy) is 1. The number of carbonyl (C=O) groups is 1. The normalized spacial score (nSPS) is 19.0. The number of amides is 1. The number of nitrogens with two attached hydrogens (primary N) is 2. The average molecular weight is 384 g/mol. The summed E-state index contributed by atoms with van der Waals surface area (Å²) in [6.45, 7) is 4.81. The third-order valence-corrected chi connectivity index (χ3v) is 4.37. The molecule has 0 saturated heterocycles. The van der Waals surface area contributed by atoms with E-state index < -0.39 is 18.1 Å². The highest BCUT2D eigenvalue weighted by Gasteiger charge is 2.36. The lowest BCUT2D eigenvalue weighted by Crippen LogP contribution is -2.41. The molecule has 1 unspecified atom stereocenters. The number of alkyl halides is 1. The van der Waals surface area contributed by atoms with Gasteiger partial charge in [0.1, 0.15) is 36.2 Å². The minimum atomic E-state index is -1.25. The van der Waals surface area contributed by atoms with Crippen molar-refractivity contribution in [2.75, 3.05) is 25.2 Å². The highest BCUT2D eigenvalue weighted by atomic mass is 19.1. The van der Waals surface area contributed by atoms with E-state index in [1.807, 2.05) is 0 Å². The zero-order chi connectivity index (χ0) is 20.3. The van der Waals surface area contributed by atoms with Gasteiger partial charge in [-0.25, -0.2) is 9.37 Å². The van der Waals surface area contributed by atoms with Gasteiger partial charge in [0, 0.05) is 23.7 Å². The maximum atomic E-state index is 13.8. The number of carbonyl (C=O) groups excluding carboxylic acids is 1. The summed E-state index contributed by atoms with van der Waals surface area (Å²) < 4.78 is 19.2. The van der Waals surface area contributed by atoms with Crippen molar-refractivity contribution in [3.05, 3.63) is 59.6 Å². The minimum Gasteiger partial charge on any atom is -0.399 e. The van der Waals surface area contributed by atoms with Crippen LogP contribution in [0.25, 0.3) is 5.70 Å². The number of amidine groups is 1. The molecule has 2 aromatic rings. The van der Waals surface area contributed by atoms with E-state index in [-0.39, 0.29) is 30.6 Å². The molecule has 1 atom stereocenters. The number of aliphatic imine (C=N–C) groups is 1. The minimum absolute atomic E-state index is 0.0483. The van der Waals surface area contributed by atoms with Crippen LogP contribution in [0.3, 0.4) is 0 Å². The fourth-order valence-corrected chi connectivity index (χ4v) is 2.91. The number of pyridine rings is 2. The van der Waals surface area contributed by atoms with Crippen LogP contribution in [0.2, 0.25) is 0 Å². The Balaban J connectivity index is 1.86. The van der Waals surface area contributed by atoms with Crippen LogP contribution in [0.4, 0.5) is 10.2 Å². The third-order valence-electron chi connectivity index (χ3n) is 4.37. The van der Waals surface area contributed by atoms with E-state index >= 15 is 0 Å². The highest BCUT2D eigenvalue weighted by Crippen LogP contribution is 2.30. The van der Waals surface area contributed by atoms with Crippen molar-refractivity contribution in [1.82, 2.24) is 9.97 Å². The largest absolute Gasteiger partial charge is 0.399 e. The number of rotatable bonds is 5. The lowest BCUT2D eigenvalue weighted by molar-refractivity contribution is 0.0827. The molecule has 8 nitrogen and oxygen atoms in total. The Morgan fingerprint density at radius 2 is 2.21 bits per heavy atom. The lowest BCUT2D eigenvalue weighted by Gasteiger charge is -2.31. The summed E-state index contributed by atoms with van der Waals surface area (Å²) in [5.41, 5.74) is 12.5. The van der Waals surface area contributed by atoms with Crippen LogP contribution < -0.4 is 16.8 Å². The van der Waals surface area contributed by atoms with Crippen molar-refractivity contribution in [2.24, 2.45) is 16.5 Å². The van der Waals surface area contributed by atoms with Gasteiger partial charge < -0.3 is 21.5 Å². The molecule has 0 bridgehead atoms. The molecule has 0 fully saturated rings. The molecule has 9 heteroatoms. The monoisotopic (exact) mass is 384 g/mol. The first-order valence-corrected chi connectivity index (χ1v) is 8.52. The van der Waals surface area contributed by atoms with Gasteiger partial charge in [0.15, 0.2) is 0 Å². The number of hydrogen-bond donors (Lipinski definition) is 3. The molecule has 3 heterocycles. The van der Waals surface area contributed by atoms with E-state index in [0.29, 0.717) is 22.4 Å². The Morgan fingerprint density at radius 1 is 1.43 bits per heavy atom. The summed E-state index contributed by atoms with van der Waals surface area (Å²) in [6, 6.07) is 4.89. The van der Waals surface area contributed by atoms with Crippen LogP contribution in [-0.4, -0.2) is 41.6 Å². The number of anilines is 1. The van der Waals surface area contributed by atoms with E-state index in [4.69, 9.17) is 16.2 Å². The topological polar surface area (TPSA) is 129 Å². The number of nitrogens with one attached hydrogen (secondary N) is 1. The van der Waals surface area contributed by atoms with Gasteiger partial charge in [0.05, 0.1) is 6.61 Å². The van der Waals surface area contributed by atoms with Gasteiger partial charge in [0.2, 0.25) is 0 Å². The third kappa shape index (κ3) is 3.84. The van der Waals surface area contributed by atoms with Crippen molar-refractivity contribution >= 4 is 23.3 Å². The Kier molecular flexibility index (Phi) is 5.36. The summed E-state index contributed by atoms with van der Waals surface area (Å²) in [7, 11) is 0. The zero-order valence-corrected chi connectivity index (χ0v) is 15.4. The second kappa shape index (κ2) is 7.73. The Morgan fingerprint density at radius 3 is 2.86 bits per heavy atom. The summed E-state index contributed by atoms with van der Waals surface area (Å²) in [4.78, 5) is 25.1. The van der Waals surface area contributed by atoms with E-state index in [1.54, 1.807) is 25.1 Å². The van der Waals surface area contributed by atoms with Gasteiger partial charge in [-0.3, -0.25) is 14.8 Å². The SMILES string of the molecule is C=C(N)c1cnc(C(=O)Nc2cc(C3(CF)COCC(N)=N3)ccn2)c(C)c1. The highest BCUT2D eigenvalue weighted by molar-refractivity contribution is 6.03. The fourth-order valence-electron chi connectivity index (χ4n) is 2.91. The van der Waals surface area contributed by atoms with Crippen molar-refractivity contribution in [3.63, 3.8) is 0 Å². The molecular weight excluding hydrogens is 363 g/mol. The molecule has 3 rings (SSSR count). The molecule has 0 radical (unpaired) electrons. The maximum Gasteiger partial charge on any atom is 0.275 e. The van der Waals surface area contributed by atoms with E-state index in [2.05, 4.69) is 26.9 Å². The number of aryl methyl sites for hydroxylation is 1. The van der Waals surface area contributed by atoms with Gasteiger partial charge in [-0.15, -0.1) is 0 Å². The second-order valence-corrected chi connectivity index (χ2v) is 6.56. The van der Waals surface area contributed by atoms with Crippen molar-refractivity contribution in [3.8, 4) is 0 Å². The Bertz CT molecular complexity index is 961. The molecule has 1 aliphatic heterocycles. The van der Waals surface area contributed by atoms with Crippen molar-refractivity contribution in [1.29, 1.82) is 0 Å². The Hall–Kier alpha value is -3.33.